The zero-order chi connectivity index (χ0) is 14.0. The third-order valence-electron chi connectivity index (χ3n) is 3.46. The van der Waals surface area contributed by atoms with Crippen LogP contribution >= 0.6 is 0 Å². The van der Waals surface area contributed by atoms with E-state index in [1.807, 2.05) is 42.7 Å². The van der Waals surface area contributed by atoms with E-state index in [0.717, 1.165) is 22.6 Å². The standard InChI is InChI=1S/C15H17N3O/c1-10-11(2)18(15(17)14(10)8-16)9-12-5-4-6-13(7-12)19-3/h4-7H,9,17H2,1-3H3. The molecule has 0 saturated carbocycles. The zero-order valence-electron chi connectivity index (χ0n) is 11.4. The van der Waals surface area contributed by atoms with Crippen LogP contribution in [0.2, 0.25) is 0 Å². The first-order valence-corrected chi connectivity index (χ1v) is 6.06. The van der Waals surface area contributed by atoms with Crippen LogP contribution in [0, 0.1) is 25.2 Å². The van der Waals surface area contributed by atoms with E-state index in [2.05, 4.69) is 6.07 Å². The van der Waals surface area contributed by atoms with Crippen LogP contribution in [0.15, 0.2) is 24.3 Å². The number of nitriles is 1. The van der Waals surface area contributed by atoms with Gasteiger partial charge in [-0.3, -0.25) is 0 Å². The molecule has 0 fully saturated rings. The maximum Gasteiger partial charge on any atom is 0.122 e. The Morgan fingerprint density at radius 3 is 2.68 bits per heavy atom. The van der Waals surface area contributed by atoms with Gasteiger partial charge < -0.3 is 15.0 Å². The summed E-state index contributed by atoms with van der Waals surface area (Å²) < 4.78 is 7.17. The van der Waals surface area contributed by atoms with Crippen LogP contribution in [-0.2, 0) is 6.54 Å². The van der Waals surface area contributed by atoms with E-state index in [1.54, 1.807) is 7.11 Å². The highest BCUT2D eigenvalue weighted by molar-refractivity contribution is 5.58. The fourth-order valence-corrected chi connectivity index (χ4v) is 2.19. The normalized spacial score (nSPS) is 10.2. The van der Waals surface area contributed by atoms with Crippen molar-refractivity contribution in [3.05, 3.63) is 46.6 Å². The zero-order valence-corrected chi connectivity index (χ0v) is 11.4. The van der Waals surface area contributed by atoms with Gasteiger partial charge >= 0.3 is 0 Å². The fourth-order valence-electron chi connectivity index (χ4n) is 2.19. The summed E-state index contributed by atoms with van der Waals surface area (Å²) in [5.74, 6) is 1.35. The molecule has 19 heavy (non-hydrogen) atoms. The first-order chi connectivity index (χ1) is 9.08. The second kappa shape index (κ2) is 5.07. The molecule has 0 bridgehead atoms. The molecule has 1 aromatic heterocycles. The molecule has 0 aliphatic carbocycles. The Morgan fingerprint density at radius 2 is 2.11 bits per heavy atom. The van der Waals surface area contributed by atoms with Crippen LogP contribution in [0.5, 0.6) is 5.75 Å². The SMILES string of the molecule is COc1cccc(Cn2c(C)c(C)c(C#N)c2N)c1. The topological polar surface area (TPSA) is 64.0 Å². The van der Waals surface area contributed by atoms with Crippen molar-refractivity contribution in [2.75, 3.05) is 12.8 Å². The summed E-state index contributed by atoms with van der Waals surface area (Å²) in [7, 11) is 1.65. The Morgan fingerprint density at radius 1 is 1.37 bits per heavy atom. The van der Waals surface area contributed by atoms with Crippen molar-refractivity contribution in [1.82, 2.24) is 4.57 Å². The maximum atomic E-state index is 9.12. The number of benzene rings is 1. The molecule has 0 atom stereocenters. The lowest BCUT2D eigenvalue weighted by molar-refractivity contribution is 0.414. The average Bonchev–Trinajstić information content (AvgIpc) is 2.63. The smallest absolute Gasteiger partial charge is 0.122 e. The highest BCUT2D eigenvalue weighted by atomic mass is 16.5. The van der Waals surface area contributed by atoms with Crippen molar-refractivity contribution in [2.24, 2.45) is 0 Å². The fraction of sp³-hybridized carbons (Fsp3) is 0.267. The predicted molar refractivity (Wildman–Crippen MR) is 75.1 cm³/mol. The quantitative estimate of drug-likeness (QED) is 0.916. The molecule has 4 heteroatoms. The van der Waals surface area contributed by atoms with E-state index in [9.17, 15) is 0 Å². The summed E-state index contributed by atoms with van der Waals surface area (Å²) >= 11 is 0. The first-order valence-electron chi connectivity index (χ1n) is 6.06. The lowest BCUT2D eigenvalue weighted by Gasteiger charge is -2.10. The van der Waals surface area contributed by atoms with Crippen LogP contribution < -0.4 is 10.5 Å². The molecule has 2 rings (SSSR count). The predicted octanol–water partition coefficient (Wildman–Crippen LogP) is 2.62. The van der Waals surface area contributed by atoms with Gasteiger partial charge in [0, 0.05) is 12.2 Å². The number of nitrogen functional groups attached to an aromatic ring is 1. The monoisotopic (exact) mass is 255 g/mol. The lowest BCUT2D eigenvalue weighted by Crippen LogP contribution is -2.06. The van der Waals surface area contributed by atoms with Crippen LogP contribution in [0.1, 0.15) is 22.4 Å². The van der Waals surface area contributed by atoms with E-state index in [-0.39, 0.29) is 0 Å². The molecule has 0 radical (unpaired) electrons. The third kappa shape index (κ3) is 2.27. The van der Waals surface area contributed by atoms with E-state index >= 15 is 0 Å². The first kappa shape index (κ1) is 13.0. The molecule has 0 aliphatic heterocycles. The third-order valence-corrected chi connectivity index (χ3v) is 3.46. The largest absolute Gasteiger partial charge is 0.497 e. The number of rotatable bonds is 3. The van der Waals surface area contributed by atoms with Gasteiger partial charge in [0.05, 0.1) is 12.7 Å². The van der Waals surface area contributed by atoms with E-state index < -0.39 is 0 Å². The van der Waals surface area contributed by atoms with Crippen molar-refractivity contribution in [3.63, 3.8) is 0 Å². The number of methoxy groups -OCH3 is 1. The summed E-state index contributed by atoms with van der Waals surface area (Å²) in [6.45, 7) is 4.54. The molecule has 98 valence electrons. The average molecular weight is 255 g/mol. The number of hydrogen-bond acceptors (Lipinski definition) is 3. The Labute approximate surface area is 113 Å². The number of anilines is 1. The molecule has 0 unspecified atom stereocenters. The molecule has 0 saturated heterocycles. The molecule has 2 N–H and O–H groups in total. The van der Waals surface area contributed by atoms with Gasteiger partial charge in [-0.1, -0.05) is 12.1 Å². The van der Waals surface area contributed by atoms with E-state index in [1.165, 1.54) is 0 Å². The van der Waals surface area contributed by atoms with Gasteiger partial charge in [0.25, 0.3) is 0 Å². The van der Waals surface area contributed by atoms with Crippen LogP contribution in [-0.4, -0.2) is 11.7 Å². The van der Waals surface area contributed by atoms with Crippen molar-refractivity contribution in [2.45, 2.75) is 20.4 Å². The lowest BCUT2D eigenvalue weighted by atomic mass is 10.2. The van der Waals surface area contributed by atoms with Crippen molar-refractivity contribution in [3.8, 4) is 11.8 Å². The highest BCUT2D eigenvalue weighted by Gasteiger charge is 2.15. The molecule has 2 aromatic rings. The molecular weight excluding hydrogens is 238 g/mol. The van der Waals surface area contributed by atoms with Gasteiger partial charge in [-0.2, -0.15) is 5.26 Å². The number of aromatic nitrogens is 1. The Balaban J connectivity index is 2.41. The van der Waals surface area contributed by atoms with Gasteiger partial charge in [-0.15, -0.1) is 0 Å². The van der Waals surface area contributed by atoms with Crippen molar-refractivity contribution >= 4 is 5.82 Å². The number of ether oxygens (including phenoxy) is 1. The molecule has 0 aliphatic rings. The Bertz CT molecular complexity index is 650. The highest BCUT2D eigenvalue weighted by Crippen LogP contribution is 2.25. The minimum Gasteiger partial charge on any atom is -0.497 e. The second-order valence-electron chi connectivity index (χ2n) is 4.52. The number of nitrogens with zero attached hydrogens (tertiary/aromatic N) is 2. The molecular formula is C15H17N3O. The van der Waals surface area contributed by atoms with Gasteiger partial charge in [0.1, 0.15) is 17.6 Å². The molecule has 1 aromatic carbocycles. The summed E-state index contributed by atoms with van der Waals surface area (Å²) in [5, 5.41) is 9.12. The maximum absolute atomic E-state index is 9.12. The van der Waals surface area contributed by atoms with Gasteiger partial charge in [0.2, 0.25) is 0 Å². The minimum absolute atomic E-state index is 0.528. The summed E-state index contributed by atoms with van der Waals surface area (Å²) in [6.07, 6.45) is 0. The van der Waals surface area contributed by atoms with E-state index in [4.69, 9.17) is 15.7 Å². The number of nitrogens with two attached hydrogens (primary N) is 1. The summed E-state index contributed by atoms with van der Waals surface area (Å²) in [5.41, 5.74) is 9.68. The molecule has 0 amide bonds. The Kier molecular flexibility index (Phi) is 3.48. The van der Waals surface area contributed by atoms with Gasteiger partial charge in [-0.05, 0) is 37.1 Å². The Hall–Kier alpha value is -2.41. The summed E-state index contributed by atoms with van der Waals surface area (Å²) in [4.78, 5) is 0. The summed E-state index contributed by atoms with van der Waals surface area (Å²) in [6, 6.07) is 10.0. The van der Waals surface area contributed by atoms with Crippen LogP contribution in [0.4, 0.5) is 5.82 Å². The molecule has 0 spiro atoms. The van der Waals surface area contributed by atoms with Crippen LogP contribution in [0.25, 0.3) is 0 Å². The minimum atomic E-state index is 0.528. The second-order valence-corrected chi connectivity index (χ2v) is 4.52. The molecule has 4 nitrogen and oxygen atoms in total. The van der Waals surface area contributed by atoms with E-state index in [0.29, 0.717) is 17.9 Å². The number of hydrogen-bond donors (Lipinski definition) is 1. The van der Waals surface area contributed by atoms with Gasteiger partial charge in [0.15, 0.2) is 0 Å². The van der Waals surface area contributed by atoms with Gasteiger partial charge in [-0.25, -0.2) is 0 Å². The van der Waals surface area contributed by atoms with Crippen molar-refractivity contribution in [1.29, 1.82) is 5.26 Å². The van der Waals surface area contributed by atoms with Crippen molar-refractivity contribution < 1.29 is 4.74 Å². The van der Waals surface area contributed by atoms with Crippen LogP contribution in [0.3, 0.4) is 0 Å². The molecule has 1 heterocycles.